The van der Waals surface area contributed by atoms with Crippen LogP contribution in [0.15, 0.2) is 24.4 Å². The molecule has 0 unspecified atom stereocenters. The zero-order chi connectivity index (χ0) is 12.3. The first kappa shape index (κ1) is 11.5. The number of rotatable bonds is 3. The maximum absolute atomic E-state index is 11.7. The lowest BCUT2D eigenvalue weighted by Crippen LogP contribution is -2.22. The molecule has 0 saturated heterocycles. The largest absolute Gasteiger partial charge is 0.399 e. The number of nitrogens with two attached hydrogens (primary N) is 1. The summed E-state index contributed by atoms with van der Waals surface area (Å²) in [5, 5.41) is 6.42. The first-order valence-electron chi connectivity index (χ1n) is 5.08. The average molecular weight is 248 g/mol. The Balaban J connectivity index is 2.03. The Morgan fingerprint density at radius 2 is 2.35 bits per heavy atom. The summed E-state index contributed by atoms with van der Waals surface area (Å²) in [6.07, 6.45) is 1.45. The van der Waals surface area contributed by atoms with E-state index in [2.05, 4.69) is 14.9 Å². The molecule has 1 heterocycles. The number of nitrogen functional groups attached to an aromatic ring is 1. The summed E-state index contributed by atoms with van der Waals surface area (Å²) < 4.78 is 3.64. The van der Waals surface area contributed by atoms with Crippen LogP contribution in [0.5, 0.6) is 0 Å². The second-order valence-corrected chi connectivity index (χ2v) is 4.38. The highest BCUT2D eigenvalue weighted by Gasteiger charge is 2.08. The lowest BCUT2D eigenvalue weighted by atomic mass is 10.1. The molecule has 0 aliphatic heterocycles. The minimum Gasteiger partial charge on any atom is -0.399 e. The molecule has 0 bridgehead atoms. The standard InChI is InChI=1S/C11H12N4OS/c1-7-8(3-2-4-9(7)12)5-13-11(16)10-6-14-15-17-10/h2-4,6H,5,12H2,1H3,(H,13,16). The molecule has 0 fully saturated rings. The lowest BCUT2D eigenvalue weighted by molar-refractivity contribution is 0.0954. The van der Waals surface area contributed by atoms with Crippen LogP contribution < -0.4 is 11.1 Å². The van der Waals surface area contributed by atoms with Crippen molar-refractivity contribution in [1.29, 1.82) is 0 Å². The number of aromatic nitrogens is 2. The smallest absolute Gasteiger partial charge is 0.264 e. The predicted octanol–water partition coefficient (Wildman–Crippen LogP) is 1.36. The Morgan fingerprint density at radius 3 is 3.06 bits per heavy atom. The van der Waals surface area contributed by atoms with Crippen LogP contribution in [0.4, 0.5) is 5.69 Å². The van der Waals surface area contributed by atoms with E-state index in [-0.39, 0.29) is 5.91 Å². The summed E-state index contributed by atoms with van der Waals surface area (Å²) in [7, 11) is 0. The number of nitrogens with one attached hydrogen (secondary N) is 1. The van der Waals surface area contributed by atoms with Crippen molar-refractivity contribution in [2.75, 3.05) is 5.73 Å². The zero-order valence-corrected chi connectivity index (χ0v) is 10.1. The van der Waals surface area contributed by atoms with Crippen molar-refractivity contribution in [3.63, 3.8) is 0 Å². The molecular weight excluding hydrogens is 236 g/mol. The van der Waals surface area contributed by atoms with Crippen molar-refractivity contribution < 1.29 is 4.79 Å². The van der Waals surface area contributed by atoms with Crippen LogP contribution >= 0.6 is 11.5 Å². The van der Waals surface area contributed by atoms with Gasteiger partial charge in [-0.25, -0.2) is 0 Å². The number of hydrogen-bond acceptors (Lipinski definition) is 5. The number of anilines is 1. The molecule has 2 rings (SSSR count). The average Bonchev–Trinajstić information content (AvgIpc) is 2.84. The molecule has 1 amide bonds. The lowest BCUT2D eigenvalue weighted by Gasteiger charge is -2.08. The van der Waals surface area contributed by atoms with Gasteiger partial charge in [-0.05, 0) is 35.6 Å². The van der Waals surface area contributed by atoms with Crippen LogP contribution in [0.2, 0.25) is 0 Å². The first-order chi connectivity index (χ1) is 8.18. The quantitative estimate of drug-likeness (QED) is 0.804. The number of amides is 1. The van der Waals surface area contributed by atoms with E-state index in [4.69, 9.17) is 5.73 Å². The van der Waals surface area contributed by atoms with Gasteiger partial charge in [-0.2, -0.15) is 0 Å². The van der Waals surface area contributed by atoms with E-state index >= 15 is 0 Å². The molecule has 0 saturated carbocycles. The SMILES string of the molecule is Cc1c(N)cccc1CNC(=O)c1cnns1. The second-order valence-electron chi connectivity index (χ2n) is 3.60. The topological polar surface area (TPSA) is 80.9 Å². The highest BCUT2D eigenvalue weighted by atomic mass is 32.1. The van der Waals surface area contributed by atoms with E-state index in [1.54, 1.807) is 0 Å². The Hall–Kier alpha value is -1.95. The van der Waals surface area contributed by atoms with Gasteiger partial charge in [0.2, 0.25) is 0 Å². The molecule has 88 valence electrons. The molecule has 0 aliphatic carbocycles. The van der Waals surface area contributed by atoms with Crippen LogP contribution in [0, 0.1) is 6.92 Å². The Kier molecular flexibility index (Phi) is 3.34. The summed E-state index contributed by atoms with van der Waals surface area (Å²) in [4.78, 5) is 12.2. The van der Waals surface area contributed by atoms with Crippen LogP contribution in [0.1, 0.15) is 20.8 Å². The van der Waals surface area contributed by atoms with Gasteiger partial charge in [0.05, 0.1) is 6.20 Å². The van der Waals surface area contributed by atoms with Gasteiger partial charge in [-0.15, -0.1) is 5.10 Å². The maximum Gasteiger partial charge on any atom is 0.264 e. The summed E-state index contributed by atoms with van der Waals surface area (Å²) >= 11 is 1.08. The van der Waals surface area contributed by atoms with E-state index in [1.807, 2.05) is 25.1 Å². The minimum absolute atomic E-state index is 0.165. The van der Waals surface area contributed by atoms with Crippen LogP contribution in [0.25, 0.3) is 0 Å². The molecule has 0 atom stereocenters. The van der Waals surface area contributed by atoms with Gasteiger partial charge in [0.25, 0.3) is 5.91 Å². The second kappa shape index (κ2) is 4.92. The molecule has 1 aromatic heterocycles. The minimum atomic E-state index is -0.165. The van der Waals surface area contributed by atoms with E-state index in [0.29, 0.717) is 11.4 Å². The van der Waals surface area contributed by atoms with E-state index in [9.17, 15) is 4.79 Å². The molecule has 5 nitrogen and oxygen atoms in total. The van der Waals surface area contributed by atoms with Gasteiger partial charge in [-0.3, -0.25) is 4.79 Å². The van der Waals surface area contributed by atoms with Gasteiger partial charge in [-0.1, -0.05) is 16.6 Å². The van der Waals surface area contributed by atoms with Crippen molar-refractivity contribution in [3.8, 4) is 0 Å². The Labute approximate surface area is 103 Å². The fourth-order valence-corrected chi connectivity index (χ4v) is 1.86. The van der Waals surface area contributed by atoms with E-state index in [0.717, 1.165) is 28.3 Å². The van der Waals surface area contributed by atoms with Crippen molar-refractivity contribution >= 4 is 23.1 Å². The van der Waals surface area contributed by atoms with E-state index < -0.39 is 0 Å². The molecule has 17 heavy (non-hydrogen) atoms. The number of nitrogens with zero attached hydrogens (tertiary/aromatic N) is 2. The van der Waals surface area contributed by atoms with Crippen molar-refractivity contribution in [3.05, 3.63) is 40.4 Å². The van der Waals surface area contributed by atoms with Crippen molar-refractivity contribution in [1.82, 2.24) is 14.9 Å². The maximum atomic E-state index is 11.7. The molecule has 0 radical (unpaired) electrons. The Morgan fingerprint density at radius 1 is 1.53 bits per heavy atom. The van der Waals surface area contributed by atoms with Crippen LogP contribution in [0.3, 0.4) is 0 Å². The molecule has 0 spiro atoms. The van der Waals surface area contributed by atoms with E-state index in [1.165, 1.54) is 6.20 Å². The van der Waals surface area contributed by atoms with Gasteiger partial charge < -0.3 is 11.1 Å². The third-order valence-electron chi connectivity index (χ3n) is 2.51. The molecule has 6 heteroatoms. The fraction of sp³-hybridized carbons (Fsp3) is 0.182. The van der Waals surface area contributed by atoms with Crippen molar-refractivity contribution in [2.45, 2.75) is 13.5 Å². The van der Waals surface area contributed by atoms with Crippen LogP contribution in [-0.4, -0.2) is 15.5 Å². The van der Waals surface area contributed by atoms with Crippen molar-refractivity contribution in [2.24, 2.45) is 0 Å². The van der Waals surface area contributed by atoms with Gasteiger partial charge >= 0.3 is 0 Å². The van der Waals surface area contributed by atoms with Gasteiger partial charge in [0.1, 0.15) is 4.88 Å². The van der Waals surface area contributed by atoms with Crippen LogP contribution in [-0.2, 0) is 6.54 Å². The first-order valence-corrected chi connectivity index (χ1v) is 5.85. The fourth-order valence-electron chi connectivity index (χ4n) is 1.42. The predicted molar refractivity (Wildman–Crippen MR) is 66.7 cm³/mol. The molecule has 0 aliphatic rings. The Bertz CT molecular complexity index is 524. The molecule has 3 N–H and O–H groups in total. The number of hydrogen-bond donors (Lipinski definition) is 2. The normalized spacial score (nSPS) is 10.2. The number of benzene rings is 1. The van der Waals surface area contributed by atoms with Gasteiger partial charge in [0, 0.05) is 12.2 Å². The molecular formula is C11H12N4OS. The number of carbonyl (C=O) groups excluding carboxylic acids is 1. The highest BCUT2D eigenvalue weighted by molar-refractivity contribution is 7.07. The zero-order valence-electron chi connectivity index (χ0n) is 9.30. The molecule has 2 aromatic rings. The molecule has 1 aromatic carbocycles. The summed E-state index contributed by atoms with van der Waals surface area (Å²) in [6.45, 7) is 2.39. The number of carbonyl (C=O) groups is 1. The summed E-state index contributed by atoms with van der Waals surface area (Å²) in [5.41, 5.74) is 8.53. The highest BCUT2D eigenvalue weighted by Crippen LogP contribution is 2.15. The third-order valence-corrected chi connectivity index (χ3v) is 3.18. The summed E-state index contributed by atoms with van der Waals surface area (Å²) in [5.74, 6) is -0.165. The van der Waals surface area contributed by atoms with Gasteiger partial charge in [0.15, 0.2) is 0 Å². The monoisotopic (exact) mass is 248 g/mol. The third kappa shape index (κ3) is 2.59. The summed E-state index contributed by atoms with van der Waals surface area (Å²) in [6, 6.07) is 5.66.